The summed E-state index contributed by atoms with van der Waals surface area (Å²) in [6, 6.07) is 13.7. The lowest BCUT2D eigenvalue weighted by molar-refractivity contribution is -0.137. The molecule has 0 unspecified atom stereocenters. The van der Waals surface area contributed by atoms with E-state index in [0.29, 0.717) is 12.8 Å². The summed E-state index contributed by atoms with van der Waals surface area (Å²) in [5, 5.41) is 5.19. The second kappa shape index (κ2) is 7.18. The molecule has 0 bridgehead atoms. The molecule has 1 aliphatic heterocycles. The van der Waals surface area contributed by atoms with E-state index >= 15 is 0 Å². The van der Waals surface area contributed by atoms with Crippen LogP contribution in [0.5, 0.6) is 0 Å². The Hall–Kier alpha value is -2.14. The Morgan fingerprint density at radius 1 is 1.25 bits per heavy atom. The molecular weight excluding hydrogens is 320 g/mol. The van der Waals surface area contributed by atoms with E-state index in [-0.39, 0.29) is 29.8 Å². The Morgan fingerprint density at radius 2 is 2.00 bits per heavy atom. The number of likely N-dealkylation sites (tertiary alicyclic amines) is 1. The van der Waals surface area contributed by atoms with Gasteiger partial charge in [0.25, 0.3) is 0 Å². The van der Waals surface area contributed by atoms with Crippen LogP contribution in [0.1, 0.15) is 42.2 Å². The van der Waals surface area contributed by atoms with Crippen LogP contribution in [0.2, 0.25) is 0 Å². The van der Waals surface area contributed by atoms with Crippen LogP contribution in [0.25, 0.3) is 0 Å². The van der Waals surface area contributed by atoms with E-state index < -0.39 is 0 Å². The molecule has 1 saturated heterocycles. The Bertz CT molecular complexity index is 699. The summed E-state index contributed by atoms with van der Waals surface area (Å²) < 4.78 is 0. The van der Waals surface area contributed by atoms with Gasteiger partial charge in [0, 0.05) is 18.3 Å². The van der Waals surface area contributed by atoms with Gasteiger partial charge < -0.3 is 10.2 Å². The van der Waals surface area contributed by atoms with Gasteiger partial charge in [-0.15, -0.1) is 11.3 Å². The van der Waals surface area contributed by atoms with Crippen molar-refractivity contribution in [3.63, 3.8) is 0 Å². The van der Waals surface area contributed by atoms with Crippen molar-refractivity contribution in [1.82, 2.24) is 10.2 Å². The van der Waals surface area contributed by atoms with E-state index in [0.717, 1.165) is 10.4 Å². The first-order valence-corrected chi connectivity index (χ1v) is 9.10. The van der Waals surface area contributed by atoms with Gasteiger partial charge >= 0.3 is 0 Å². The number of thiophene rings is 1. The number of rotatable bonds is 4. The van der Waals surface area contributed by atoms with Gasteiger partial charge in [0.15, 0.2) is 0 Å². The molecule has 0 spiro atoms. The van der Waals surface area contributed by atoms with Crippen molar-refractivity contribution in [3.8, 4) is 0 Å². The van der Waals surface area contributed by atoms with E-state index in [1.54, 1.807) is 16.2 Å². The topological polar surface area (TPSA) is 49.4 Å². The van der Waals surface area contributed by atoms with Crippen molar-refractivity contribution in [2.75, 3.05) is 7.05 Å². The highest BCUT2D eigenvalue weighted by Crippen LogP contribution is 2.33. The number of amides is 2. The maximum Gasteiger partial charge on any atom is 0.227 e. The number of nitrogens with zero attached hydrogens (tertiary/aromatic N) is 1. The van der Waals surface area contributed by atoms with Gasteiger partial charge in [0.05, 0.1) is 18.0 Å². The van der Waals surface area contributed by atoms with Crippen LogP contribution in [0.15, 0.2) is 47.8 Å². The zero-order valence-electron chi connectivity index (χ0n) is 13.9. The van der Waals surface area contributed by atoms with Crippen LogP contribution in [0, 0.1) is 0 Å². The number of piperidine rings is 1. The average molecular weight is 342 g/mol. The standard InChI is InChI=1S/C19H22N2O2S/c1-13(14-7-4-3-5-8-14)19(23)20-15-10-11-17(22)21(2)18(15)16-9-6-12-24-16/h3-9,12-13,15,18H,10-11H2,1-2H3,(H,20,23)/t13-,15+,18-/m0/s1. The fraction of sp³-hybridized carbons (Fsp3) is 0.368. The second-order valence-corrected chi connectivity index (χ2v) is 7.23. The molecule has 2 heterocycles. The molecule has 4 nitrogen and oxygen atoms in total. The van der Waals surface area contributed by atoms with Crippen LogP contribution < -0.4 is 5.32 Å². The zero-order chi connectivity index (χ0) is 17.1. The van der Waals surface area contributed by atoms with E-state index in [2.05, 4.69) is 5.32 Å². The summed E-state index contributed by atoms with van der Waals surface area (Å²) in [5.41, 5.74) is 1.00. The summed E-state index contributed by atoms with van der Waals surface area (Å²) in [5.74, 6) is -0.0661. The monoisotopic (exact) mass is 342 g/mol. The first kappa shape index (κ1) is 16.7. The summed E-state index contributed by atoms with van der Waals surface area (Å²) in [4.78, 5) is 27.7. The SMILES string of the molecule is C[C@H](C(=O)N[C@@H]1CCC(=O)N(C)[C@@H]1c1cccs1)c1ccccc1. The van der Waals surface area contributed by atoms with Crippen molar-refractivity contribution < 1.29 is 9.59 Å². The van der Waals surface area contributed by atoms with Crippen molar-refractivity contribution in [2.45, 2.75) is 37.8 Å². The Balaban J connectivity index is 1.77. The smallest absolute Gasteiger partial charge is 0.227 e. The molecule has 126 valence electrons. The molecule has 0 saturated carbocycles. The maximum atomic E-state index is 12.7. The molecule has 1 aromatic heterocycles. The third-order valence-corrected chi connectivity index (χ3v) is 5.66. The highest BCUT2D eigenvalue weighted by molar-refractivity contribution is 7.10. The summed E-state index contributed by atoms with van der Waals surface area (Å²) >= 11 is 1.63. The minimum atomic E-state index is -0.210. The highest BCUT2D eigenvalue weighted by Gasteiger charge is 2.36. The number of carbonyl (C=O) groups is 2. The Labute approximate surface area is 146 Å². The molecule has 0 radical (unpaired) electrons. The predicted octanol–water partition coefficient (Wildman–Crippen LogP) is 3.33. The van der Waals surface area contributed by atoms with Crippen LogP contribution in [0.4, 0.5) is 0 Å². The van der Waals surface area contributed by atoms with Crippen molar-refractivity contribution >= 4 is 23.2 Å². The molecule has 0 aliphatic carbocycles. The van der Waals surface area contributed by atoms with Gasteiger partial charge in [-0.2, -0.15) is 0 Å². The maximum absolute atomic E-state index is 12.7. The summed E-state index contributed by atoms with van der Waals surface area (Å²) in [6.45, 7) is 1.92. The third-order valence-electron chi connectivity index (χ3n) is 4.72. The fourth-order valence-corrected chi connectivity index (χ4v) is 4.17. The zero-order valence-corrected chi connectivity index (χ0v) is 14.8. The molecule has 3 atom stereocenters. The molecule has 5 heteroatoms. The lowest BCUT2D eigenvalue weighted by Crippen LogP contribution is -2.51. The van der Waals surface area contributed by atoms with Gasteiger partial charge in [0.1, 0.15) is 0 Å². The molecule has 2 amide bonds. The van der Waals surface area contributed by atoms with E-state index in [1.165, 1.54) is 0 Å². The summed E-state index contributed by atoms with van der Waals surface area (Å²) in [6.07, 6.45) is 1.15. The van der Waals surface area contributed by atoms with Crippen LogP contribution >= 0.6 is 11.3 Å². The normalized spacial score (nSPS) is 22.2. The lowest BCUT2D eigenvalue weighted by atomic mass is 9.93. The molecule has 1 aliphatic rings. The Morgan fingerprint density at radius 3 is 2.67 bits per heavy atom. The fourth-order valence-electron chi connectivity index (χ4n) is 3.24. The number of hydrogen-bond donors (Lipinski definition) is 1. The van der Waals surface area contributed by atoms with Gasteiger partial charge in [0.2, 0.25) is 11.8 Å². The lowest BCUT2D eigenvalue weighted by Gasteiger charge is -2.39. The minimum absolute atomic E-state index is 0.00973. The van der Waals surface area contributed by atoms with Gasteiger partial charge in [-0.05, 0) is 30.4 Å². The van der Waals surface area contributed by atoms with E-state index in [1.807, 2.05) is 61.8 Å². The molecule has 1 aromatic carbocycles. The molecule has 1 N–H and O–H groups in total. The van der Waals surface area contributed by atoms with Gasteiger partial charge in [-0.1, -0.05) is 36.4 Å². The molecular formula is C19H22N2O2S. The molecule has 2 aromatic rings. The average Bonchev–Trinajstić information content (AvgIpc) is 3.12. The third kappa shape index (κ3) is 3.36. The van der Waals surface area contributed by atoms with Crippen LogP contribution in [0.3, 0.4) is 0 Å². The molecule has 3 rings (SSSR count). The number of hydrogen-bond acceptors (Lipinski definition) is 3. The predicted molar refractivity (Wildman–Crippen MR) is 95.9 cm³/mol. The Kier molecular flexibility index (Phi) is 5.00. The first-order valence-electron chi connectivity index (χ1n) is 8.22. The highest BCUT2D eigenvalue weighted by atomic mass is 32.1. The molecule has 24 heavy (non-hydrogen) atoms. The van der Waals surface area contributed by atoms with Crippen molar-refractivity contribution in [1.29, 1.82) is 0 Å². The number of likely N-dealkylation sites (N-methyl/N-ethyl adjacent to an activating group) is 1. The van der Waals surface area contributed by atoms with Crippen molar-refractivity contribution in [3.05, 3.63) is 58.3 Å². The van der Waals surface area contributed by atoms with Gasteiger partial charge in [-0.3, -0.25) is 9.59 Å². The minimum Gasteiger partial charge on any atom is -0.350 e. The number of nitrogens with one attached hydrogen (secondary N) is 1. The number of benzene rings is 1. The van der Waals surface area contributed by atoms with Gasteiger partial charge in [-0.25, -0.2) is 0 Å². The van der Waals surface area contributed by atoms with E-state index in [9.17, 15) is 9.59 Å². The quantitative estimate of drug-likeness (QED) is 0.926. The van der Waals surface area contributed by atoms with E-state index in [4.69, 9.17) is 0 Å². The van der Waals surface area contributed by atoms with Crippen LogP contribution in [-0.2, 0) is 9.59 Å². The molecule has 1 fully saturated rings. The van der Waals surface area contributed by atoms with Crippen LogP contribution in [-0.4, -0.2) is 29.8 Å². The summed E-state index contributed by atoms with van der Waals surface area (Å²) in [7, 11) is 1.83. The largest absolute Gasteiger partial charge is 0.350 e. The second-order valence-electron chi connectivity index (χ2n) is 6.25. The number of carbonyl (C=O) groups excluding carboxylic acids is 2. The first-order chi connectivity index (χ1) is 11.6. The van der Waals surface area contributed by atoms with Crippen molar-refractivity contribution in [2.24, 2.45) is 0 Å².